The molecule has 1 aromatic carbocycles. The van der Waals surface area contributed by atoms with E-state index in [0.29, 0.717) is 0 Å². The number of fused-ring (bicyclic) bond motifs is 1. The minimum absolute atomic E-state index is 0.840. The van der Waals surface area contributed by atoms with Crippen molar-refractivity contribution in [2.45, 2.75) is 0 Å². The van der Waals surface area contributed by atoms with E-state index in [2.05, 4.69) is 15.8 Å². The van der Waals surface area contributed by atoms with Gasteiger partial charge in [-0.25, -0.2) is 5.32 Å². The van der Waals surface area contributed by atoms with Crippen molar-refractivity contribution in [2.24, 2.45) is 0 Å². The summed E-state index contributed by atoms with van der Waals surface area (Å²) in [5, 5.41) is 9.57. The van der Waals surface area contributed by atoms with Crippen LogP contribution in [0.15, 0.2) is 35.7 Å². The van der Waals surface area contributed by atoms with Crippen LogP contribution in [0.3, 0.4) is 0 Å². The maximum absolute atomic E-state index is 5.19. The molecule has 2 N–H and O–H groups in total. The second-order valence-corrected chi connectivity index (χ2v) is 5.74. The van der Waals surface area contributed by atoms with Crippen LogP contribution in [0.2, 0.25) is 0 Å². The molecule has 0 aliphatic carbocycles. The third-order valence-corrected chi connectivity index (χ3v) is 4.37. The SMILES string of the molecule is S=c1scc2sc(Nc3ccccc3)[nH+]n12. The molecule has 6 heteroatoms. The average molecular weight is 266 g/mol. The smallest absolute Gasteiger partial charge is 0.230 e. The van der Waals surface area contributed by atoms with Crippen LogP contribution < -0.4 is 10.4 Å². The van der Waals surface area contributed by atoms with E-state index in [1.54, 1.807) is 22.7 Å². The summed E-state index contributed by atoms with van der Waals surface area (Å²) < 4.78 is 2.75. The van der Waals surface area contributed by atoms with Gasteiger partial charge in [0.2, 0.25) is 3.95 Å². The summed E-state index contributed by atoms with van der Waals surface area (Å²) in [7, 11) is 0. The summed E-state index contributed by atoms with van der Waals surface area (Å²) >= 11 is 8.42. The molecule has 0 saturated carbocycles. The van der Waals surface area contributed by atoms with Crippen molar-refractivity contribution in [3.05, 3.63) is 39.7 Å². The van der Waals surface area contributed by atoms with Gasteiger partial charge in [0.15, 0.2) is 4.83 Å². The number of nitrogens with zero attached hydrogens (tertiary/aromatic N) is 1. The monoisotopic (exact) mass is 266 g/mol. The molecule has 3 rings (SSSR count). The van der Waals surface area contributed by atoms with E-state index in [1.165, 1.54) is 0 Å². The summed E-state index contributed by atoms with van der Waals surface area (Å²) in [5.74, 6) is 0. The van der Waals surface area contributed by atoms with Crippen molar-refractivity contribution >= 4 is 50.5 Å². The van der Waals surface area contributed by atoms with Gasteiger partial charge in [0.1, 0.15) is 5.69 Å². The maximum atomic E-state index is 5.19. The molecular formula is C10H8N3S3+. The lowest BCUT2D eigenvalue weighted by Gasteiger charge is -1.92. The molecule has 0 fully saturated rings. The van der Waals surface area contributed by atoms with Gasteiger partial charge in [0, 0.05) is 5.38 Å². The number of aromatic nitrogens is 2. The van der Waals surface area contributed by atoms with Crippen LogP contribution in [-0.4, -0.2) is 4.52 Å². The number of hydrogen-bond donors (Lipinski definition) is 1. The largest absolute Gasteiger partial charge is 0.358 e. The van der Waals surface area contributed by atoms with Crippen molar-refractivity contribution in [3.63, 3.8) is 0 Å². The first-order valence-corrected chi connectivity index (χ1v) is 6.78. The van der Waals surface area contributed by atoms with E-state index < -0.39 is 0 Å². The Morgan fingerprint density at radius 3 is 2.81 bits per heavy atom. The average Bonchev–Trinajstić information content (AvgIpc) is 2.83. The Morgan fingerprint density at radius 1 is 1.25 bits per heavy atom. The number of rotatable bonds is 2. The highest BCUT2D eigenvalue weighted by atomic mass is 32.1. The van der Waals surface area contributed by atoms with E-state index in [-0.39, 0.29) is 0 Å². The number of hydrogen-bond acceptors (Lipinski definition) is 4. The Labute approximate surface area is 105 Å². The third-order valence-electron chi connectivity index (χ3n) is 2.12. The van der Waals surface area contributed by atoms with Crippen LogP contribution in [0.25, 0.3) is 4.83 Å². The molecule has 80 valence electrons. The summed E-state index contributed by atoms with van der Waals surface area (Å²) in [6.45, 7) is 0. The van der Waals surface area contributed by atoms with Gasteiger partial charge in [0.25, 0.3) is 0 Å². The van der Waals surface area contributed by atoms with Gasteiger partial charge >= 0.3 is 5.13 Å². The molecule has 0 aliphatic heterocycles. The summed E-state index contributed by atoms with van der Waals surface area (Å²) in [5.41, 5.74) is 1.07. The molecule has 2 heterocycles. The minimum atomic E-state index is 0.840. The molecule has 3 aromatic rings. The summed E-state index contributed by atoms with van der Waals surface area (Å²) in [6, 6.07) is 10.1. The fourth-order valence-corrected chi connectivity index (χ4v) is 3.44. The molecule has 0 saturated heterocycles. The van der Waals surface area contributed by atoms with Crippen LogP contribution in [0.4, 0.5) is 10.8 Å². The first-order chi connectivity index (χ1) is 7.83. The predicted octanol–water partition coefficient (Wildman–Crippen LogP) is 3.35. The number of anilines is 2. The van der Waals surface area contributed by atoms with E-state index >= 15 is 0 Å². The van der Waals surface area contributed by atoms with E-state index in [1.807, 2.05) is 34.8 Å². The zero-order chi connectivity index (χ0) is 11.0. The topological polar surface area (TPSA) is 30.6 Å². The Bertz CT molecular complexity index is 665. The van der Waals surface area contributed by atoms with Crippen LogP contribution in [0.5, 0.6) is 0 Å². The molecular weight excluding hydrogens is 258 g/mol. The Kier molecular flexibility index (Phi) is 2.47. The van der Waals surface area contributed by atoms with Crippen molar-refractivity contribution in [3.8, 4) is 0 Å². The van der Waals surface area contributed by atoms with E-state index in [9.17, 15) is 0 Å². The molecule has 3 nitrogen and oxygen atoms in total. The van der Waals surface area contributed by atoms with Gasteiger partial charge in [-0.2, -0.15) is 9.61 Å². The molecule has 2 aromatic heterocycles. The lowest BCUT2D eigenvalue weighted by Crippen LogP contribution is -2.12. The number of benzene rings is 1. The zero-order valence-corrected chi connectivity index (χ0v) is 10.6. The highest BCUT2D eigenvalue weighted by Gasteiger charge is 2.10. The maximum Gasteiger partial charge on any atom is 0.358 e. The van der Waals surface area contributed by atoms with Gasteiger partial charge in [-0.05, 0) is 35.7 Å². The first-order valence-electron chi connectivity index (χ1n) is 4.67. The van der Waals surface area contributed by atoms with E-state index in [4.69, 9.17) is 12.2 Å². The van der Waals surface area contributed by atoms with Crippen molar-refractivity contribution in [2.75, 3.05) is 5.32 Å². The Morgan fingerprint density at radius 2 is 2.06 bits per heavy atom. The zero-order valence-electron chi connectivity index (χ0n) is 8.14. The molecule has 0 spiro atoms. The van der Waals surface area contributed by atoms with Gasteiger partial charge in [-0.1, -0.05) is 18.2 Å². The number of para-hydroxylation sites is 1. The normalized spacial score (nSPS) is 10.8. The molecule has 0 aliphatic rings. The van der Waals surface area contributed by atoms with Gasteiger partial charge < -0.3 is 0 Å². The third kappa shape index (κ3) is 1.75. The fraction of sp³-hybridized carbons (Fsp3) is 0. The van der Waals surface area contributed by atoms with Gasteiger partial charge in [0.05, 0.1) is 0 Å². The summed E-state index contributed by atoms with van der Waals surface area (Å²) in [4.78, 5) is 1.13. The van der Waals surface area contributed by atoms with Crippen molar-refractivity contribution < 1.29 is 5.10 Å². The highest BCUT2D eigenvalue weighted by molar-refractivity contribution is 7.73. The standard InChI is InChI=1S/C10H7N3S3/c14-10-13-8(6-15-10)16-9(12-13)11-7-4-2-1-3-5-7/h1-6H,(H,11,12)/p+1. The predicted molar refractivity (Wildman–Crippen MR) is 70.3 cm³/mol. The van der Waals surface area contributed by atoms with Gasteiger partial charge in [-0.3, -0.25) is 0 Å². The van der Waals surface area contributed by atoms with Crippen LogP contribution >= 0.6 is 34.9 Å². The summed E-state index contributed by atoms with van der Waals surface area (Å²) in [6.07, 6.45) is 0. The molecule has 0 amide bonds. The quantitative estimate of drug-likeness (QED) is 0.721. The molecule has 0 bridgehead atoms. The highest BCUT2D eigenvalue weighted by Crippen LogP contribution is 2.22. The Hall–Kier alpha value is -1.24. The van der Waals surface area contributed by atoms with E-state index in [0.717, 1.165) is 19.6 Å². The van der Waals surface area contributed by atoms with Gasteiger partial charge in [-0.15, -0.1) is 11.3 Å². The minimum Gasteiger partial charge on any atom is -0.230 e. The lowest BCUT2D eigenvalue weighted by molar-refractivity contribution is -0.447. The second-order valence-electron chi connectivity index (χ2n) is 3.21. The second kappa shape index (κ2) is 3.97. The van der Waals surface area contributed by atoms with Crippen LogP contribution in [-0.2, 0) is 0 Å². The molecule has 0 unspecified atom stereocenters. The Balaban J connectivity index is 1.98. The number of aromatic amines is 1. The van der Waals surface area contributed by atoms with Crippen molar-refractivity contribution in [1.82, 2.24) is 4.52 Å². The number of nitrogens with one attached hydrogen (secondary N) is 2. The number of thiazole rings is 1. The molecule has 0 atom stereocenters. The molecule has 0 radical (unpaired) electrons. The number of H-pyrrole nitrogens is 1. The molecule has 16 heavy (non-hydrogen) atoms. The first kappa shape index (κ1) is 9.95. The van der Waals surface area contributed by atoms with Crippen molar-refractivity contribution in [1.29, 1.82) is 0 Å². The van der Waals surface area contributed by atoms with Crippen LogP contribution in [0.1, 0.15) is 0 Å². The fourth-order valence-electron chi connectivity index (χ4n) is 1.40. The van der Waals surface area contributed by atoms with Crippen LogP contribution in [0, 0.1) is 3.95 Å². The lowest BCUT2D eigenvalue weighted by atomic mass is 10.3.